The van der Waals surface area contributed by atoms with Crippen molar-refractivity contribution in [1.29, 1.82) is 0 Å². The van der Waals surface area contributed by atoms with Gasteiger partial charge in [0.2, 0.25) is 5.91 Å². The first-order valence-electron chi connectivity index (χ1n) is 8.47. The molecule has 3 nitrogen and oxygen atoms in total. The second-order valence-corrected chi connectivity index (χ2v) is 6.71. The number of benzene rings is 1. The van der Waals surface area contributed by atoms with Crippen LogP contribution in [-0.2, 0) is 4.79 Å². The molecule has 1 amide bonds. The lowest BCUT2D eigenvalue weighted by Gasteiger charge is -2.41. The molecule has 0 aliphatic carbocycles. The van der Waals surface area contributed by atoms with E-state index in [1.807, 2.05) is 6.07 Å². The molecule has 1 spiro atoms. The van der Waals surface area contributed by atoms with Crippen molar-refractivity contribution in [2.24, 2.45) is 5.41 Å². The van der Waals surface area contributed by atoms with Crippen LogP contribution in [0.1, 0.15) is 37.7 Å². The van der Waals surface area contributed by atoms with Crippen molar-refractivity contribution in [3.05, 3.63) is 42.0 Å². The molecule has 2 aliphatic rings. The van der Waals surface area contributed by atoms with E-state index in [0.29, 0.717) is 11.8 Å². The number of likely N-dealkylation sites (tertiary alicyclic amines) is 1. The second kappa shape index (κ2) is 7.10. The third-order valence-corrected chi connectivity index (χ3v) is 5.25. The van der Waals surface area contributed by atoms with E-state index in [2.05, 4.69) is 46.6 Å². The van der Waals surface area contributed by atoms with Crippen LogP contribution >= 0.6 is 0 Å². The van der Waals surface area contributed by atoms with Gasteiger partial charge < -0.3 is 5.32 Å². The number of hydrogen-bond acceptors (Lipinski definition) is 2. The average Bonchev–Trinajstić information content (AvgIpc) is 2.73. The normalized spacial score (nSPS) is 22.6. The maximum atomic E-state index is 11.5. The fourth-order valence-electron chi connectivity index (χ4n) is 3.67. The number of nitrogens with one attached hydrogen (secondary N) is 1. The highest BCUT2D eigenvalue weighted by Crippen LogP contribution is 2.40. The first-order valence-corrected chi connectivity index (χ1v) is 8.47. The molecule has 2 saturated heterocycles. The molecule has 1 N–H and O–H groups in total. The summed E-state index contributed by atoms with van der Waals surface area (Å²) >= 11 is 0. The molecule has 3 rings (SSSR count). The van der Waals surface area contributed by atoms with Crippen molar-refractivity contribution < 1.29 is 4.79 Å². The van der Waals surface area contributed by atoms with Crippen molar-refractivity contribution in [3.63, 3.8) is 0 Å². The number of rotatable bonds is 3. The van der Waals surface area contributed by atoms with Crippen LogP contribution in [0, 0.1) is 5.41 Å². The van der Waals surface area contributed by atoms with Crippen molar-refractivity contribution >= 4 is 12.0 Å². The summed E-state index contributed by atoms with van der Waals surface area (Å²) in [6.45, 7) is 4.22. The lowest BCUT2D eigenvalue weighted by atomic mass is 9.73. The molecular weight excluding hydrogens is 272 g/mol. The summed E-state index contributed by atoms with van der Waals surface area (Å²) < 4.78 is 0. The molecule has 22 heavy (non-hydrogen) atoms. The van der Waals surface area contributed by atoms with Crippen LogP contribution in [0.3, 0.4) is 0 Å². The maximum Gasteiger partial charge on any atom is 0.220 e. The van der Waals surface area contributed by atoms with E-state index in [-0.39, 0.29) is 5.91 Å². The predicted molar refractivity (Wildman–Crippen MR) is 90.4 cm³/mol. The van der Waals surface area contributed by atoms with E-state index in [1.165, 1.54) is 18.4 Å². The molecule has 2 fully saturated rings. The Morgan fingerprint density at radius 3 is 2.64 bits per heavy atom. The van der Waals surface area contributed by atoms with E-state index >= 15 is 0 Å². The smallest absolute Gasteiger partial charge is 0.220 e. The first-order chi connectivity index (χ1) is 10.8. The number of piperidine rings is 1. The summed E-state index contributed by atoms with van der Waals surface area (Å²) in [5.74, 6) is 0.241. The summed E-state index contributed by atoms with van der Waals surface area (Å²) in [7, 11) is 0. The van der Waals surface area contributed by atoms with Gasteiger partial charge >= 0.3 is 0 Å². The van der Waals surface area contributed by atoms with Crippen molar-refractivity contribution in [2.45, 2.75) is 32.1 Å². The fourth-order valence-corrected chi connectivity index (χ4v) is 3.67. The molecular formula is C19H26N2O. The molecule has 118 valence electrons. The second-order valence-electron chi connectivity index (χ2n) is 6.71. The average molecular weight is 298 g/mol. The van der Waals surface area contributed by atoms with Crippen LogP contribution in [0.5, 0.6) is 0 Å². The minimum atomic E-state index is 0.241. The Morgan fingerprint density at radius 1 is 1.09 bits per heavy atom. The SMILES string of the molecule is O=C1CCC2(CCN1)CCN(C/C=C/c1ccccc1)CC2. The maximum absolute atomic E-state index is 11.5. The first kappa shape index (κ1) is 15.3. The van der Waals surface area contributed by atoms with Crippen LogP contribution in [0.15, 0.2) is 36.4 Å². The molecule has 0 radical (unpaired) electrons. The molecule has 0 aromatic heterocycles. The zero-order valence-electron chi connectivity index (χ0n) is 13.3. The minimum Gasteiger partial charge on any atom is -0.356 e. The van der Waals surface area contributed by atoms with Gasteiger partial charge in [-0.1, -0.05) is 42.5 Å². The topological polar surface area (TPSA) is 32.3 Å². The number of hydrogen-bond donors (Lipinski definition) is 1. The van der Waals surface area contributed by atoms with Crippen LogP contribution in [0.4, 0.5) is 0 Å². The van der Waals surface area contributed by atoms with Crippen LogP contribution in [0.2, 0.25) is 0 Å². The Labute approximate surface area is 133 Å². The van der Waals surface area contributed by atoms with Gasteiger partial charge in [-0.15, -0.1) is 0 Å². The molecule has 0 unspecified atom stereocenters. The summed E-state index contributed by atoms with van der Waals surface area (Å²) in [4.78, 5) is 14.1. The summed E-state index contributed by atoms with van der Waals surface area (Å²) in [6.07, 6.45) is 9.90. The van der Waals surface area contributed by atoms with E-state index in [1.54, 1.807) is 0 Å². The lowest BCUT2D eigenvalue weighted by molar-refractivity contribution is -0.121. The third kappa shape index (κ3) is 3.98. The zero-order valence-corrected chi connectivity index (χ0v) is 13.3. The Morgan fingerprint density at radius 2 is 1.86 bits per heavy atom. The molecule has 3 heteroatoms. The quantitative estimate of drug-likeness (QED) is 0.930. The minimum absolute atomic E-state index is 0.241. The molecule has 1 aromatic rings. The fraction of sp³-hybridized carbons (Fsp3) is 0.526. The summed E-state index contributed by atoms with van der Waals surface area (Å²) in [6, 6.07) is 10.5. The van der Waals surface area contributed by atoms with Crippen LogP contribution in [-0.4, -0.2) is 37.0 Å². The Kier molecular flexibility index (Phi) is 4.94. The van der Waals surface area contributed by atoms with Crippen LogP contribution in [0.25, 0.3) is 6.08 Å². The van der Waals surface area contributed by atoms with E-state index in [4.69, 9.17) is 0 Å². The largest absolute Gasteiger partial charge is 0.356 e. The van der Waals surface area contributed by atoms with Gasteiger partial charge in [-0.3, -0.25) is 9.69 Å². The van der Waals surface area contributed by atoms with E-state index < -0.39 is 0 Å². The number of nitrogens with zero attached hydrogens (tertiary/aromatic N) is 1. The van der Waals surface area contributed by atoms with Gasteiger partial charge in [-0.2, -0.15) is 0 Å². The van der Waals surface area contributed by atoms with Crippen LogP contribution < -0.4 is 5.32 Å². The van der Waals surface area contributed by atoms with Crippen molar-refractivity contribution in [2.75, 3.05) is 26.2 Å². The van der Waals surface area contributed by atoms with Crippen molar-refractivity contribution in [3.8, 4) is 0 Å². The number of carbonyl (C=O) groups excluding carboxylic acids is 1. The summed E-state index contributed by atoms with van der Waals surface area (Å²) in [5.41, 5.74) is 1.68. The number of amides is 1. The standard InChI is InChI=1S/C19H26N2O/c22-18-8-9-19(10-13-20-18)11-15-21(16-12-19)14-4-7-17-5-2-1-3-6-17/h1-7H,8-16H2,(H,20,22)/b7-4+. The van der Waals surface area contributed by atoms with Gasteiger partial charge in [0.1, 0.15) is 0 Å². The molecule has 2 heterocycles. The Hall–Kier alpha value is -1.61. The predicted octanol–water partition coefficient (Wildman–Crippen LogP) is 3.08. The molecule has 0 bridgehead atoms. The molecule has 0 atom stereocenters. The molecule has 1 aromatic carbocycles. The van der Waals surface area contributed by atoms with E-state index in [9.17, 15) is 4.79 Å². The van der Waals surface area contributed by atoms with Crippen molar-refractivity contribution in [1.82, 2.24) is 10.2 Å². The highest BCUT2D eigenvalue weighted by atomic mass is 16.1. The zero-order chi connectivity index (χ0) is 15.3. The number of carbonyl (C=O) groups is 1. The van der Waals surface area contributed by atoms with Gasteiger partial charge in [-0.05, 0) is 49.8 Å². The van der Waals surface area contributed by atoms with Gasteiger partial charge in [0.05, 0.1) is 0 Å². The molecule has 0 saturated carbocycles. The van der Waals surface area contributed by atoms with Gasteiger partial charge in [0.25, 0.3) is 0 Å². The Bertz CT molecular complexity index is 515. The molecule has 2 aliphatic heterocycles. The van der Waals surface area contributed by atoms with Gasteiger partial charge in [-0.25, -0.2) is 0 Å². The highest BCUT2D eigenvalue weighted by Gasteiger charge is 2.35. The third-order valence-electron chi connectivity index (χ3n) is 5.25. The van der Waals surface area contributed by atoms with E-state index in [0.717, 1.165) is 39.0 Å². The van der Waals surface area contributed by atoms with Gasteiger partial charge in [0.15, 0.2) is 0 Å². The Balaban J connectivity index is 1.47. The highest BCUT2D eigenvalue weighted by molar-refractivity contribution is 5.76. The lowest BCUT2D eigenvalue weighted by Crippen LogP contribution is -2.40. The summed E-state index contributed by atoms with van der Waals surface area (Å²) in [5, 5.41) is 3.02. The van der Waals surface area contributed by atoms with Gasteiger partial charge in [0, 0.05) is 19.5 Å². The monoisotopic (exact) mass is 298 g/mol.